The van der Waals surface area contributed by atoms with Crippen molar-refractivity contribution in [3.8, 4) is 22.5 Å². The van der Waals surface area contributed by atoms with Crippen molar-refractivity contribution in [3.63, 3.8) is 0 Å². The van der Waals surface area contributed by atoms with Crippen LogP contribution in [0.15, 0.2) is 194 Å². The van der Waals surface area contributed by atoms with E-state index in [2.05, 4.69) is 203 Å². The van der Waals surface area contributed by atoms with Crippen molar-refractivity contribution in [1.82, 2.24) is 9.13 Å². The molecular formula is C53H34N2. The summed E-state index contributed by atoms with van der Waals surface area (Å²) in [5.41, 5.74) is 15.5. The van der Waals surface area contributed by atoms with Crippen molar-refractivity contribution < 1.29 is 0 Å². The second-order valence-electron chi connectivity index (χ2n) is 15.6. The Balaban J connectivity index is 1.08. The molecule has 1 spiro atoms. The Labute approximate surface area is 318 Å². The number of benzene rings is 8. The molecule has 10 aromatic rings. The molecule has 0 bridgehead atoms. The van der Waals surface area contributed by atoms with Crippen LogP contribution in [0.25, 0.3) is 76.9 Å². The molecule has 2 heterocycles. The highest BCUT2D eigenvalue weighted by atomic mass is 15.0. The number of fused-ring (bicyclic) bond motifs is 17. The predicted octanol–water partition coefficient (Wildman–Crippen LogP) is 13.2. The maximum absolute atomic E-state index is 2.52. The zero-order valence-electron chi connectivity index (χ0n) is 30.0. The van der Waals surface area contributed by atoms with Crippen molar-refractivity contribution in [2.45, 2.75) is 11.3 Å². The first-order valence-corrected chi connectivity index (χ1v) is 19.4. The van der Waals surface area contributed by atoms with Crippen molar-refractivity contribution in [3.05, 3.63) is 216 Å². The monoisotopic (exact) mass is 698 g/mol. The zero-order valence-corrected chi connectivity index (χ0v) is 30.0. The Morgan fingerprint density at radius 2 is 0.927 bits per heavy atom. The Hall–Kier alpha value is -6.90. The number of allylic oxidation sites excluding steroid dienone is 4. The van der Waals surface area contributed by atoms with Gasteiger partial charge in [0.1, 0.15) is 0 Å². The summed E-state index contributed by atoms with van der Waals surface area (Å²) in [7, 11) is 0. The molecule has 3 aliphatic rings. The van der Waals surface area contributed by atoms with Crippen LogP contribution in [0.2, 0.25) is 0 Å². The zero-order chi connectivity index (χ0) is 35.8. The van der Waals surface area contributed by atoms with Gasteiger partial charge in [-0.05, 0) is 92.7 Å². The molecule has 0 amide bonds. The van der Waals surface area contributed by atoms with Crippen LogP contribution in [0.4, 0.5) is 0 Å². The smallest absolute Gasteiger partial charge is 0.0548 e. The van der Waals surface area contributed by atoms with E-state index >= 15 is 0 Å². The highest BCUT2D eigenvalue weighted by Crippen LogP contribution is 2.65. The van der Waals surface area contributed by atoms with Crippen LogP contribution < -0.4 is 0 Å². The molecule has 3 aliphatic carbocycles. The van der Waals surface area contributed by atoms with Crippen LogP contribution in [0.5, 0.6) is 0 Å². The van der Waals surface area contributed by atoms with Crippen molar-refractivity contribution >= 4 is 54.4 Å². The summed E-state index contributed by atoms with van der Waals surface area (Å²) in [6, 6.07) is 63.8. The first-order chi connectivity index (χ1) is 27.3. The van der Waals surface area contributed by atoms with E-state index in [4.69, 9.17) is 0 Å². The maximum atomic E-state index is 2.52. The third kappa shape index (κ3) is 3.69. The highest BCUT2D eigenvalue weighted by Gasteiger charge is 2.57. The van der Waals surface area contributed by atoms with E-state index in [0.29, 0.717) is 5.92 Å². The first kappa shape index (κ1) is 29.5. The lowest BCUT2D eigenvalue weighted by Crippen LogP contribution is -2.32. The van der Waals surface area contributed by atoms with Crippen molar-refractivity contribution in [2.24, 2.45) is 5.92 Å². The SMILES string of the molecule is C1=CC2c3cc(-n4c5ccccc5c5cc6c(cc54)c4ccccc4n6-c4ccc5ccccc5c4)ccc3C3(c4ccccc4-c4ccccc43)C2C=C1. The summed E-state index contributed by atoms with van der Waals surface area (Å²) >= 11 is 0. The van der Waals surface area contributed by atoms with E-state index in [1.54, 1.807) is 0 Å². The van der Waals surface area contributed by atoms with E-state index in [1.807, 2.05) is 0 Å². The third-order valence-corrected chi connectivity index (χ3v) is 13.2. The first-order valence-electron chi connectivity index (χ1n) is 19.4. The number of rotatable bonds is 2. The number of hydrogen-bond donors (Lipinski definition) is 0. The van der Waals surface area contributed by atoms with E-state index < -0.39 is 0 Å². The fraction of sp³-hybridized carbons (Fsp3) is 0.0566. The molecular weight excluding hydrogens is 665 g/mol. The lowest BCUT2D eigenvalue weighted by atomic mass is 9.65. The summed E-state index contributed by atoms with van der Waals surface area (Å²) in [6.45, 7) is 0. The van der Waals surface area contributed by atoms with Crippen LogP contribution in [-0.4, -0.2) is 9.13 Å². The lowest BCUT2D eigenvalue weighted by molar-refractivity contribution is 0.465. The topological polar surface area (TPSA) is 9.86 Å². The molecule has 8 aromatic carbocycles. The van der Waals surface area contributed by atoms with Gasteiger partial charge in [0.05, 0.1) is 27.5 Å². The minimum Gasteiger partial charge on any atom is -0.309 e. The predicted molar refractivity (Wildman–Crippen MR) is 229 cm³/mol. The van der Waals surface area contributed by atoms with Gasteiger partial charge in [-0.1, -0.05) is 146 Å². The van der Waals surface area contributed by atoms with Crippen molar-refractivity contribution in [2.75, 3.05) is 0 Å². The summed E-state index contributed by atoms with van der Waals surface area (Å²) in [6.07, 6.45) is 9.45. The average Bonchev–Trinajstić information content (AvgIpc) is 3.94. The molecule has 0 N–H and O–H groups in total. The minimum atomic E-state index is -0.232. The Kier molecular flexibility index (Phi) is 5.70. The second kappa shape index (κ2) is 10.6. The fourth-order valence-corrected chi connectivity index (χ4v) is 11.0. The van der Waals surface area contributed by atoms with Crippen LogP contribution in [-0.2, 0) is 5.41 Å². The third-order valence-electron chi connectivity index (χ3n) is 13.2. The molecule has 256 valence electrons. The Bertz CT molecular complexity index is 3300. The van der Waals surface area contributed by atoms with E-state index in [-0.39, 0.29) is 11.3 Å². The van der Waals surface area contributed by atoms with Gasteiger partial charge in [0, 0.05) is 44.8 Å². The summed E-state index contributed by atoms with van der Waals surface area (Å²) in [5, 5.41) is 7.56. The lowest BCUT2D eigenvalue weighted by Gasteiger charge is -2.36. The van der Waals surface area contributed by atoms with Crippen molar-refractivity contribution in [1.29, 1.82) is 0 Å². The van der Waals surface area contributed by atoms with Gasteiger partial charge in [-0.2, -0.15) is 0 Å². The van der Waals surface area contributed by atoms with Gasteiger partial charge in [-0.15, -0.1) is 0 Å². The van der Waals surface area contributed by atoms with Crippen LogP contribution in [0, 0.1) is 5.92 Å². The molecule has 0 saturated heterocycles. The summed E-state index contributed by atoms with van der Waals surface area (Å²) < 4.78 is 4.98. The quantitative estimate of drug-likeness (QED) is 0.170. The second-order valence-corrected chi connectivity index (χ2v) is 15.6. The molecule has 55 heavy (non-hydrogen) atoms. The van der Waals surface area contributed by atoms with Gasteiger partial charge in [0.15, 0.2) is 0 Å². The molecule has 2 heteroatoms. The molecule has 2 nitrogen and oxygen atoms in total. The van der Waals surface area contributed by atoms with Gasteiger partial charge >= 0.3 is 0 Å². The molecule has 0 aliphatic heterocycles. The van der Waals surface area contributed by atoms with Gasteiger partial charge in [-0.25, -0.2) is 0 Å². The van der Waals surface area contributed by atoms with E-state index in [1.165, 1.54) is 99.1 Å². The van der Waals surface area contributed by atoms with Gasteiger partial charge < -0.3 is 9.13 Å². The fourth-order valence-electron chi connectivity index (χ4n) is 11.0. The largest absolute Gasteiger partial charge is 0.309 e. The Morgan fingerprint density at radius 1 is 0.382 bits per heavy atom. The molecule has 2 aromatic heterocycles. The average molecular weight is 699 g/mol. The summed E-state index contributed by atoms with van der Waals surface area (Å²) in [5.74, 6) is 0.574. The van der Waals surface area contributed by atoms with Crippen LogP contribution in [0.1, 0.15) is 28.2 Å². The number of nitrogens with zero attached hydrogens (tertiary/aromatic N) is 2. The summed E-state index contributed by atoms with van der Waals surface area (Å²) in [4.78, 5) is 0. The molecule has 13 rings (SSSR count). The van der Waals surface area contributed by atoms with Gasteiger partial charge in [0.2, 0.25) is 0 Å². The van der Waals surface area contributed by atoms with E-state index in [9.17, 15) is 0 Å². The minimum absolute atomic E-state index is 0.232. The van der Waals surface area contributed by atoms with Crippen LogP contribution >= 0.6 is 0 Å². The Morgan fingerprint density at radius 3 is 1.62 bits per heavy atom. The van der Waals surface area contributed by atoms with Gasteiger partial charge in [0.25, 0.3) is 0 Å². The van der Waals surface area contributed by atoms with Gasteiger partial charge in [-0.3, -0.25) is 0 Å². The van der Waals surface area contributed by atoms with Crippen LogP contribution in [0.3, 0.4) is 0 Å². The number of hydrogen-bond acceptors (Lipinski definition) is 0. The molecule has 0 fully saturated rings. The highest BCUT2D eigenvalue weighted by molar-refractivity contribution is 6.19. The van der Waals surface area contributed by atoms with E-state index in [0.717, 1.165) is 0 Å². The molecule has 0 saturated carbocycles. The molecule has 2 unspecified atom stereocenters. The normalized spacial score (nSPS) is 17.5. The molecule has 2 atom stereocenters. The standard InChI is InChI=1S/C53H34N2/c1-2-14-34-29-35(26-25-33(34)13-1)54-49-23-11-6-18-40(49)43-32-52-44(31-51(43)54)41-19-7-12-24-50(41)55(52)36-27-28-48-42(30-36)39-17-5-10-22-47(39)53(48)45-20-8-3-15-37(45)38-16-4-9-21-46(38)53/h1-32,39,47H. The number of aromatic nitrogens is 2. The number of para-hydroxylation sites is 2. The molecule has 0 radical (unpaired) electrons. The maximum Gasteiger partial charge on any atom is 0.0548 e.